The van der Waals surface area contributed by atoms with Gasteiger partial charge in [-0.05, 0) is 54.0 Å². The van der Waals surface area contributed by atoms with Crippen LogP contribution in [-0.4, -0.2) is 24.7 Å². The fourth-order valence-electron chi connectivity index (χ4n) is 2.12. The molecule has 0 aliphatic carbocycles. The topological polar surface area (TPSA) is 62.4 Å². The summed E-state index contributed by atoms with van der Waals surface area (Å²) >= 11 is 11.0. The molecule has 0 heterocycles. The molecule has 0 spiro atoms. The van der Waals surface area contributed by atoms with E-state index in [0.29, 0.717) is 16.7 Å². The average molecular weight is 378 g/mol. The molecule has 0 bridgehead atoms. The van der Waals surface area contributed by atoms with Crippen molar-refractivity contribution in [2.45, 2.75) is 12.8 Å². The van der Waals surface area contributed by atoms with E-state index in [1.807, 2.05) is 48.5 Å². The predicted octanol–water partition coefficient (Wildman–Crippen LogP) is 2.63. The molecule has 0 aromatic heterocycles. The Bertz CT molecular complexity index is 705. The molecule has 132 valence electrons. The van der Waals surface area contributed by atoms with Gasteiger partial charge in [0.05, 0.1) is 13.5 Å². The van der Waals surface area contributed by atoms with Crippen LogP contribution in [0, 0.1) is 0 Å². The van der Waals surface area contributed by atoms with Crippen LogP contribution in [0.5, 0.6) is 5.75 Å². The van der Waals surface area contributed by atoms with Crippen molar-refractivity contribution in [3.8, 4) is 5.75 Å². The lowest BCUT2D eigenvalue weighted by Crippen LogP contribution is -2.47. The van der Waals surface area contributed by atoms with Crippen LogP contribution in [0.3, 0.4) is 0 Å². The van der Waals surface area contributed by atoms with Crippen molar-refractivity contribution in [2.24, 2.45) is 0 Å². The van der Waals surface area contributed by atoms with Crippen molar-refractivity contribution in [2.75, 3.05) is 13.7 Å². The van der Waals surface area contributed by atoms with Crippen LogP contribution < -0.4 is 20.9 Å². The van der Waals surface area contributed by atoms with Crippen molar-refractivity contribution in [1.29, 1.82) is 0 Å². The number of thiocarbonyl (C=S) groups is 1. The predicted molar refractivity (Wildman–Crippen MR) is 104 cm³/mol. The standard InChI is InChI=1S/C18H20ClN3O2S/c1-24-16-8-4-14(5-9-16)12-17(23)21-22-18(25)20-11-10-13-2-6-15(19)7-3-13/h2-9H,10-12H2,1H3,(H,21,23)(H2,20,22,25). The third-order valence-corrected chi connectivity index (χ3v) is 3.95. The van der Waals surface area contributed by atoms with Gasteiger partial charge in [0, 0.05) is 11.6 Å². The number of nitrogens with one attached hydrogen (secondary N) is 3. The first-order valence-electron chi connectivity index (χ1n) is 7.77. The molecule has 2 aromatic carbocycles. The number of hydrazine groups is 1. The highest BCUT2D eigenvalue weighted by Gasteiger charge is 2.04. The van der Waals surface area contributed by atoms with Gasteiger partial charge in [0.25, 0.3) is 0 Å². The molecule has 0 aliphatic rings. The van der Waals surface area contributed by atoms with E-state index >= 15 is 0 Å². The van der Waals surface area contributed by atoms with E-state index in [1.54, 1.807) is 7.11 Å². The fraction of sp³-hybridized carbons (Fsp3) is 0.222. The SMILES string of the molecule is COc1ccc(CC(=O)NNC(=S)NCCc2ccc(Cl)cc2)cc1. The van der Waals surface area contributed by atoms with Gasteiger partial charge < -0.3 is 10.1 Å². The van der Waals surface area contributed by atoms with Gasteiger partial charge in [0.1, 0.15) is 5.75 Å². The Morgan fingerprint density at radius 2 is 1.68 bits per heavy atom. The molecule has 0 saturated carbocycles. The third kappa shape index (κ3) is 6.99. The van der Waals surface area contributed by atoms with E-state index in [0.717, 1.165) is 23.3 Å². The van der Waals surface area contributed by atoms with Gasteiger partial charge in [-0.1, -0.05) is 35.9 Å². The second-order valence-corrected chi connectivity index (χ2v) is 6.18. The number of halogens is 1. The van der Waals surface area contributed by atoms with Crippen LogP contribution in [0.2, 0.25) is 5.02 Å². The normalized spacial score (nSPS) is 10.0. The summed E-state index contributed by atoms with van der Waals surface area (Å²) in [5.41, 5.74) is 7.32. The number of ether oxygens (including phenoxy) is 1. The van der Waals surface area contributed by atoms with Crippen LogP contribution >= 0.6 is 23.8 Å². The van der Waals surface area contributed by atoms with Crippen molar-refractivity contribution in [1.82, 2.24) is 16.2 Å². The highest BCUT2D eigenvalue weighted by atomic mass is 35.5. The van der Waals surface area contributed by atoms with E-state index in [-0.39, 0.29) is 12.3 Å². The van der Waals surface area contributed by atoms with E-state index < -0.39 is 0 Å². The molecule has 0 unspecified atom stereocenters. The van der Waals surface area contributed by atoms with Crippen LogP contribution in [0.1, 0.15) is 11.1 Å². The van der Waals surface area contributed by atoms with Crippen molar-refractivity contribution in [3.63, 3.8) is 0 Å². The van der Waals surface area contributed by atoms with Gasteiger partial charge in [0.2, 0.25) is 5.91 Å². The summed E-state index contributed by atoms with van der Waals surface area (Å²) in [6.07, 6.45) is 1.06. The number of hydrogen-bond donors (Lipinski definition) is 3. The Balaban J connectivity index is 1.64. The van der Waals surface area contributed by atoms with Crippen molar-refractivity contribution >= 4 is 34.8 Å². The molecule has 1 amide bonds. The summed E-state index contributed by atoms with van der Waals surface area (Å²) in [7, 11) is 1.60. The molecular weight excluding hydrogens is 358 g/mol. The first-order chi connectivity index (χ1) is 12.1. The van der Waals surface area contributed by atoms with Gasteiger partial charge in [-0.2, -0.15) is 0 Å². The number of amides is 1. The minimum absolute atomic E-state index is 0.174. The van der Waals surface area contributed by atoms with E-state index in [1.165, 1.54) is 0 Å². The molecule has 2 aromatic rings. The number of methoxy groups -OCH3 is 1. The van der Waals surface area contributed by atoms with Gasteiger partial charge in [-0.3, -0.25) is 15.6 Å². The van der Waals surface area contributed by atoms with Crippen LogP contribution in [0.15, 0.2) is 48.5 Å². The number of carbonyl (C=O) groups is 1. The van der Waals surface area contributed by atoms with E-state index in [9.17, 15) is 4.79 Å². The van der Waals surface area contributed by atoms with Crippen LogP contribution in [-0.2, 0) is 17.6 Å². The molecule has 2 rings (SSSR count). The maximum atomic E-state index is 11.9. The fourth-order valence-corrected chi connectivity index (χ4v) is 2.39. The Hall–Kier alpha value is -2.31. The molecular formula is C18H20ClN3O2S. The largest absolute Gasteiger partial charge is 0.497 e. The quantitative estimate of drug-likeness (QED) is 0.533. The highest BCUT2D eigenvalue weighted by Crippen LogP contribution is 2.11. The first-order valence-corrected chi connectivity index (χ1v) is 8.55. The monoisotopic (exact) mass is 377 g/mol. The Morgan fingerprint density at radius 3 is 2.32 bits per heavy atom. The molecule has 3 N–H and O–H groups in total. The van der Waals surface area contributed by atoms with E-state index in [4.69, 9.17) is 28.6 Å². The van der Waals surface area contributed by atoms with Gasteiger partial charge >= 0.3 is 0 Å². The maximum absolute atomic E-state index is 11.9. The smallest absolute Gasteiger partial charge is 0.242 e. The van der Waals surface area contributed by atoms with Gasteiger partial charge in [-0.25, -0.2) is 0 Å². The number of carbonyl (C=O) groups excluding carboxylic acids is 1. The second-order valence-electron chi connectivity index (χ2n) is 5.33. The molecule has 25 heavy (non-hydrogen) atoms. The zero-order valence-corrected chi connectivity index (χ0v) is 15.4. The molecule has 0 saturated heterocycles. The van der Waals surface area contributed by atoms with Gasteiger partial charge in [-0.15, -0.1) is 0 Å². The molecule has 0 aliphatic heterocycles. The zero-order chi connectivity index (χ0) is 18.1. The lowest BCUT2D eigenvalue weighted by atomic mass is 10.1. The first kappa shape index (κ1) is 19.0. The molecule has 0 radical (unpaired) electrons. The third-order valence-electron chi connectivity index (χ3n) is 3.45. The Labute approximate surface area is 157 Å². The molecule has 0 atom stereocenters. The Kier molecular flexibility index (Phi) is 7.50. The molecule has 7 heteroatoms. The Morgan fingerprint density at radius 1 is 1.04 bits per heavy atom. The van der Waals surface area contributed by atoms with E-state index in [2.05, 4.69) is 16.2 Å². The minimum Gasteiger partial charge on any atom is -0.497 e. The summed E-state index contributed by atoms with van der Waals surface area (Å²) in [5, 5.41) is 4.12. The van der Waals surface area contributed by atoms with Crippen molar-refractivity contribution < 1.29 is 9.53 Å². The number of hydrogen-bond acceptors (Lipinski definition) is 3. The molecule has 5 nitrogen and oxygen atoms in total. The summed E-state index contributed by atoms with van der Waals surface area (Å²) < 4.78 is 5.08. The number of benzene rings is 2. The summed E-state index contributed by atoms with van der Waals surface area (Å²) in [6.45, 7) is 0.655. The van der Waals surface area contributed by atoms with Gasteiger partial charge in [0.15, 0.2) is 5.11 Å². The van der Waals surface area contributed by atoms with Crippen molar-refractivity contribution in [3.05, 3.63) is 64.7 Å². The zero-order valence-electron chi connectivity index (χ0n) is 13.8. The molecule has 0 fully saturated rings. The average Bonchev–Trinajstić information content (AvgIpc) is 2.62. The maximum Gasteiger partial charge on any atom is 0.242 e. The number of rotatable bonds is 6. The summed E-state index contributed by atoms with van der Waals surface area (Å²) in [5.74, 6) is 0.584. The highest BCUT2D eigenvalue weighted by molar-refractivity contribution is 7.80. The second kappa shape index (κ2) is 9.86. The van der Waals surface area contributed by atoms with Crippen LogP contribution in [0.25, 0.3) is 0 Å². The lowest BCUT2D eigenvalue weighted by molar-refractivity contribution is -0.121. The minimum atomic E-state index is -0.174. The van der Waals surface area contributed by atoms with Crippen LogP contribution in [0.4, 0.5) is 0 Å². The summed E-state index contributed by atoms with van der Waals surface area (Å²) in [6, 6.07) is 15.0. The summed E-state index contributed by atoms with van der Waals surface area (Å²) in [4.78, 5) is 11.9. The lowest BCUT2D eigenvalue weighted by Gasteiger charge is -2.12.